The maximum atomic E-state index is 12.8. The van der Waals surface area contributed by atoms with Crippen LogP contribution >= 0.6 is 11.6 Å². The number of amides is 1. The van der Waals surface area contributed by atoms with Gasteiger partial charge in [0.05, 0.1) is 5.02 Å². The maximum Gasteiger partial charge on any atom is 0.307 e. The van der Waals surface area contributed by atoms with Crippen LogP contribution in [0, 0.1) is 0 Å². The highest BCUT2D eigenvalue weighted by molar-refractivity contribution is 7.87. The first-order valence-electron chi connectivity index (χ1n) is 4.73. The second kappa shape index (κ2) is 4.23. The highest BCUT2D eigenvalue weighted by atomic mass is 35.5. The van der Waals surface area contributed by atoms with Gasteiger partial charge in [0, 0.05) is 19.2 Å². The van der Waals surface area contributed by atoms with Gasteiger partial charge in [0.2, 0.25) is 5.91 Å². The number of carbonyl (C=O) groups excluding carboxylic acids is 1. The standard InChI is InChI=1S/C9H8ClFN2O3S/c10-6-1-2-8(12-4-6)13-5-7(3-9(13)14)17(11,15)16/h1-2,4,7H,3,5H2. The summed E-state index contributed by atoms with van der Waals surface area (Å²) in [5, 5.41) is -0.914. The van der Waals surface area contributed by atoms with Crippen molar-refractivity contribution in [1.29, 1.82) is 0 Å². The van der Waals surface area contributed by atoms with Gasteiger partial charge in [-0.05, 0) is 12.1 Å². The lowest BCUT2D eigenvalue weighted by molar-refractivity contribution is -0.117. The lowest BCUT2D eigenvalue weighted by atomic mass is 10.4. The molecule has 0 radical (unpaired) electrons. The Morgan fingerprint density at radius 1 is 1.47 bits per heavy atom. The minimum atomic E-state index is -4.70. The van der Waals surface area contributed by atoms with Gasteiger partial charge in [-0.1, -0.05) is 11.6 Å². The molecule has 17 heavy (non-hydrogen) atoms. The summed E-state index contributed by atoms with van der Waals surface area (Å²) in [4.78, 5) is 16.6. The highest BCUT2D eigenvalue weighted by Crippen LogP contribution is 2.24. The van der Waals surface area contributed by atoms with Gasteiger partial charge < -0.3 is 0 Å². The fraction of sp³-hybridized carbons (Fsp3) is 0.333. The van der Waals surface area contributed by atoms with Gasteiger partial charge in [-0.3, -0.25) is 9.69 Å². The van der Waals surface area contributed by atoms with Crippen molar-refractivity contribution >= 4 is 33.5 Å². The Bertz CT molecular complexity index is 546. The van der Waals surface area contributed by atoms with Crippen molar-refractivity contribution in [1.82, 2.24) is 4.98 Å². The Kier molecular flexibility index (Phi) is 3.05. The summed E-state index contributed by atoms with van der Waals surface area (Å²) in [5.74, 6) is -0.198. The van der Waals surface area contributed by atoms with Gasteiger partial charge in [-0.25, -0.2) is 4.98 Å². The van der Waals surface area contributed by atoms with E-state index in [1.165, 1.54) is 18.3 Å². The average molecular weight is 279 g/mol. The third-order valence-corrected chi connectivity index (χ3v) is 3.81. The molecule has 1 aromatic rings. The molecule has 1 amide bonds. The number of carbonyl (C=O) groups is 1. The van der Waals surface area contributed by atoms with Crippen molar-refractivity contribution in [2.24, 2.45) is 0 Å². The minimum Gasteiger partial charge on any atom is -0.295 e. The van der Waals surface area contributed by atoms with E-state index in [1.54, 1.807) is 0 Å². The number of pyridine rings is 1. The predicted molar refractivity (Wildman–Crippen MR) is 60.0 cm³/mol. The fourth-order valence-electron chi connectivity index (χ4n) is 1.61. The average Bonchev–Trinajstić information content (AvgIpc) is 2.61. The highest BCUT2D eigenvalue weighted by Gasteiger charge is 2.39. The Hall–Kier alpha value is -1.21. The Morgan fingerprint density at radius 3 is 2.65 bits per heavy atom. The molecular formula is C9H8ClFN2O3S. The van der Waals surface area contributed by atoms with Crippen LogP contribution in [0.15, 0.2) is 18.3 Å². The number of aromatic nitrogens is 1. The summed E-state index contributed by atoms with van der Waals surface area (Å²) in [6, 6.07) is 3.00. The molecule has 2 rings (SSSR count). The van der Waals surface area contributed by atoms with E-state index in [4.69, 9.17) is 11.6 Å². The van der Waals surface area contributed by atoms with Crippen molar-refractivity contribution in [3.63, 3.8) is 0 Å². The molecule has 1 aliphatic heterocycles. The fourth-order valence-corrected chi connectivity index (χ4v) is 2.39. The zero-order valence-corrected chi connectivity index (χ0v) is 10.1. The largest absolute Gasteiger partial charge is 0.307 e. The monoisotopic (exact) mass is 278 g/mol. The van der Waals surface area contributed by atoms with Gasteiger partial charge in [0.15, 0.2) is 0 Å². The van der Waals surface area contributed by atoms with Gasteiger partial charge in [0.1, 0.15) is 11.1 Å². The van der Waals surface area contributed by atoms with E-state index >= 15 is 0 Å². The first-order valence-corrected chi connectivity index (χ1v) is 6.56. The Morgan fingerprint density at radius 2 is 2.18 bits per heavy atom. The topological polar surface area (TPSA) is 67.3 Å². The SMILES string of the molecule is O=C1CC(S(=O)(=O)F)CN1c1ccc(Cl)cn1. The lowest BCUT2D eigenvalue weighted by Gasteiger charge is -2.14. The molecule has 0 spiro atoms. The molecule has 1 atom stereocenters. The van der Waals surface area contributed by atoms with Crippen LogP contribution in [0.4, 0.5) is 9.70 Å². The van der Waals surface area contributed by atoms with E-state index in [1.807, 2.05) is 0 Å². The molecule has 1 saturated heterocycles. The molecule has 0 aliphatic carbocycles. The van der Waals surface area contributed by atoms with Crippen LogP contribution in [0.1, 0.15) is 6.42 Å². The van der Waals surface area contributed by atoms with Gasteiger partial charge >= 0.3 is 10.2 Å². The smallest absolute Gasteiger partial charge is 0.295 e. The number of hydrogen-bond donors (Lipinski definition) is 0. The third kappa shape index (κ3) is 2.55. The minimum absolute atomic E-state index is 0.216. The predicted octanol–water partition coefficient (Wildman–Crippen LogP) is 1.14. The van der Waals surface area contributed by atoms with Crippen molar-refractivity contribution in [3.05, 3.63) is 23.4 Å². The third-order valence-electron chi connectivity index (χ3n) is 2.48. The number of rotatable bonds is 2. The summed E-state index contributed by atoms with van der Waals surface area (Å²) < 4.78 is 34.2. The molecule has 0 bridgehead atoms. The quantitative estimate of drug-likeness (QED) is 0.761. The Balaban J connectivity index is 2.24. The maximum absolute atomic E-state index is 12.8. The number of anilines is 1. The normalized spacial score (nSPS) is 20.9. The Labute approximate surface area is 102 Å². The van der Waals surface area contributed by atoms with Crippen LogP contribution < -0.4 is 4.90 Å². The molecule has 5 nitrogen and oxygen atoms in total. The van der Waals surface area contributed by atoms with E-state index in [0.717, 1.165) is 4.90 Å². The lowest BCUT2D eigenvalue weighted by Crippen LogP contribution is -2.27. The van der Waals surface area contributed by atoms with Crippen LogP contribution in [0.25, 0.3) is 0 Å². The summed E-state index contributed by atoms with van der Waals surface area (Å²) in [6.07, 6.45) is 0.977. The number of halogens is 2. The van der Waals surface area contributed by atoms with Gasteiger partial charge in [-0.2, -0.15) is 8.42 Å². The molecule has 8 heteroatoms. The van der Waals surface area contributed by atoms with Crippen molar-refractivity contribution in [2.75, 3.05) is 11.4 Å². The molecule has 1 unspecified atom stereocenters. The summed E-state index contributed by atoms with van der Waals surface area (Å²) in [7, 11) is -4.70. The van der Waals surface area contributed by atoms with E-state index in [9.17, 15) is 17.1 Å². The molecule has 0 N–H and O–H groups in total. The summed E-state index contributed by atoms with van der Waals surface area (Å²) in [6.45, 7) is -0.216. The molecule has 2 heterocycles. The molecule has 1 aliphatic rings. The second-order valence-electron chi connectivity index (χ2n) is 3.64. The molecule has 1 fully saturated rings. The van der Waals surface area contributed by atoms with E-state index in [0.29, 0.717) is 5.02 Å². The van der Waals surface area contributed by atoms with Crippen molar-refractivity contribution < 1.29 is 17.1 Å². The first kappa shape index (κ1) is 12.3. The number of hydrogen-bond acceptors (Lipinski definition) is 4. The van der Waals surface area contributed by atoms with Crippen LogP contribution in [-0.2, 0) is 15.0 Å². The summed E-state index contributed by atoms with van der Waals surface area (Å²) >= 11 is 5.63. The first-order chi connectivity index (χ1) is 7.88. The molecular weight excluding hydrogens is 271 g/mol. The van der Waals surface area contributed by atoms with Crippen LogP contribution in [0.5, 0.6) is 0 Å². The summed E-state index contributed by atoms with van der Waals surface area (Å²) in [5.41, 5.74) is 0. The van der Waals surface area contributed by atoms with Crippen LogP contribution in [-0.4, -0.2) is 31.1 Å². The van der Waals surface area contributed by atoms with E-state index in [-0.39, 0.29) is 18.8 Å². The zero-order chi connectivity index (χ0) is 12.6. The van der Waals surface area contributed by atoms with Crippen molar-refractivity contribution in [3.8, 4) is 0 Å². The molecule has 1 aromatic heterocycles. The second-order valence-corrected chi connectivity index (χ2v) is 5.69. The van der Waals surface area contributed by atoms with Gasteiger partial charge in [-0.15, -0.1) is 3.89 Å². The molecule has 0 aromatic carbocycles. The van der Waals surface area contributed by atoms with Crippen LogP contribution in [0.2, 0.25) is 5.02 Å². The van der Waals surface area contributed by atoms with E-state index < -0.39 is 21.4 Å². The zero-order valence-electron chi connectivity index (χ0n) is 8.51. The van der Waals surface area contributed by atoms with Gasteiger partial charge in [0.25, 0.3) is 0 Å². The molecule has 0 saturated carbocycles. The van der Waals surface area contributed by atoms with Crippen LogP contribution in [0.3, 0.4) is 0 Å². The number of nitrogens with zero attached hydrogens (tertiary/aromatic N) is 2. The van der Waals surface area contributed by atoms with Crippen molar-refractivity contribution in [2.45, 2.75) is 11.7 Å². The molecule has 92 valence electrons. The van der Waals surface area contributed by atoms with E-state index in [2.05, 4.69) is 4.98 Å².